The Morgan fingerprint density at radius 1 is 1.35 bits per heavy atom. The van der Waals surface area contributed by atoms with Crippen LogP contribution in [0.15, 0.2) is 30.6 Å². The van der Waals surface area contributed by atoms with Crippen LogP contribution in [0.2, 0.25) is 0 Å². The SMILES string of the molecule is Oc1cc(F)ccc1-c1cnn(C2CCC2)c1. The van der Waals surface area contributed by atoms with Crippen molar-refractivity contribution < 1.29 is 9.50 Å². The summed E-state index contributed by atoms with van der Waals surface area (Å²) in [6.45, 7) is 0. The number of phenolic OH excluding ortho intramolecular Hbond substituents is 1. The van der Waals surface area contributed by atoms with Gasteiger partial charge in [0.2, 0.25) is 0 Å². The van der Waals surface area contributed by atoms with Gasteiger partial charge in [-0.3, -0.25) is 4.68 Å². The van der Waals surface area contributed by atoms with E-state index in [0.29, 0.717) is 11.6 Å². The topological polar surface area (TPSA) is 38.1 Å². The molecule has 0 radical (unpaired) electrons. The number of halogens is 1. The first-order valence-electron chi connectivity index (χ1n) is 5.77. The molecule has 0 atom stereocenters. The lowest BCUT2D eigenvalue weighted by atomic mass is 9.93. The van der Waals surface area contributed by atoms with Crippen LogP contribution in [0.5, 0.6) is 5.75 Å². The molecule has 3 nitrogen and oxygen atoms in total. The van der Waals surface area contributed by atoms with Crippen molar-refractivity contribution in [3.05, 3.63) is 36.4 Å². The normalized spacial score (nSPS) is 15.8. The highest BCUT2D eigenvalue weighted by Gasteiger charge is 2.20. The van der Waals surface area contributed by atoms with E-state index in [-0.39, 0.29) is 5.75 Å². The molecule has 0 unspecified atom stereocenters. The van der Waals surface area contributed by atoms with Crippen LogP contribution in [0, 0.1) is 5.82 Å². The van der Waals surface area contributed by atoms with E-state index in [1.165, 1.54) is 12.5 Å². The molecule has 1 aromatic heterocycles. The first-order valence-corrected chi connectivity index (χ1v) is 5.77. The Bertz CT molecular complexity index is 546. The first-order chi connectivity index (χ1) is 8.24. The molecule has 1 N–H and O–H groups in total. The Morgan fingerprint density at radius 3 is 2.82 bits per heavy atom. The van der Waals surface area contributed by atoms with Crippen molar-refractivity contribution in [3.8, 4) is 16.9 Å². The van der Waals surface area contributed by atoms with Crippen LogP contribution in [0.1, 0.15) is 25.3 Å². The highest BCUT2D eigenvalue weighted by Crippen LogP contribution is 2.34. The second-order valence-electron chi connectivity index (χ2n) is 4.46. The Morgan fingerprint density at radius 2 is 2.18 bits per heavy atom. The smallest absolute Gasteiger partial charge is 0.126 e. The van der Waals surface area contributed by atoms with Crippen molar-refractivity contribution in [3.63, 3.8) is 0 Å². The fourth-order valence-electron chi connectivity index (χ4n) is 2.08. The van der Waals surface area contributed by atoms with Gasteiger partial charge in [0.15, 0.2) is 0 Å². The molecule has 2 aromatic rings. The highest BCUT2D eigenvalue weighted by molar-refractivity contribution is 5.68. The Labute approximate surface area is 98.5 Å². The quantitative estimate of drug-likeness (QED) is 0.863. The highest BCUT2D eigenvalue weighted by atomic mass is 19.1. The molecular weight excluding hydrogens is 219 g/mol. The average Bonchev–Trinajstić information content (AvgIpc) is 2.64. The van der Waals surface area contributed by atoms with E-state index in [9.17, 15) is 9.50 Å². The maximum atomic E-state index is 12.9. The van der Waals surface area contributed by atoms with Gasteiger partial charge in [0.1, 0.15) is 11.6 Å². The number of aromatic nitrogens is 2. The van der Waals surface area contributed by atoms with Gasteiger partial charge in [-0.1, -0.05) is 0 Å². The van der Waals surface area contributed by atoms with E-state index in [4.69, 9.17) is 0 Å². The molecule has 0 saturated heterocycles. The van der Waals surface area contributed by atoms with Gasteiger partial charge >= 0.3 is 0 Å². The first kappa shape index (κ1) is 10.3. The zero-order chi connectivity index (χ0) is 11.8. The molecule has 1 aliphatic rings. The van der Waals surface area contributed by atoms with E-state index >= 15 is 0 Å². The predicted octanol–water partition coefficient (Wildman–Crippen LogP) is 3.12. The molecule has 1 aliphatic carbocycles. The molecule has 17 heavy (non-hydrogen) atoms. The number of hydrogen-bond acceptors (Lipinski definition) is 2. The van der Waals surface area contributed by atoms with Crippen molar-refractivity contribution >= 4 is 0 Å². The fraction of sp³-hybridized carbons (Fsp3) is 0.308. The molecule has 0 bridgehead atoms. The lowest BCUT2D eigenvalue weighted by Crippen LogP contribution is -2.16. The summed E-state index contributed by atoms with van der Waals surface area (Å²) in [6.07, 6.45) is 7.21. The molecule has 88 valence electrons. The van der Waals surface area contributed by atoms with Gasteiger partial charge < -0.3 is 5.11 Å². The largest absolute Gasteiger partial charge is 0.507 e. The molecule has 0 amide bonds. The van der Waals surface area contributed by atoms with Gasteiger partial charge in [-0.05, 0) is 31.4 Å². The van der Waals surface area contributed by atoms with E-state index in [2.05, 4.69) is 5.10 Å². The van der Waals surface area contributed by atoms with Crippen LogP contribution < -0.4 is 0 Å². The Balaban J connectivity index is 1.94. The number of rotatable bonds is 2. The maximum Gasteiger partial charge on any atom is 0.126 e. The minimum Gasteiger partial charge on any atom is -0.507 e. The second-order valence-corrected chi connectivity index (χ2v) is 4.46. The summed E-state index contributed by atoms with van der Waals surface area (Å²) < 4.78 is 14.8. The standard InChI is InChI=1S/C13H13FN2O/c14-10-4-5-12(13(17)6-10)9-7-15-16(8-9)11-2-1-3-11/h4-8,11,17H,1-3H2. The van der Waals surface area contributed by atoms with Gasteiger partial charge in [0, 0.05) is 23.4 Å². The maximum absolute atomic E-state index is 12.9. The van der Waals surface area contributed by atoms with Crippen LogP contribution in [-0.2, 0) is 0 Å². The van der Waals surface area contributed by atoms with Crippen LogP contribution in [-0.4, -0.2) is 14.9 Å². The number of phenols is 1. The summed E-state index contributed by atoms with van der Waals surface area (Å²) in [6, 6.07) is 4.53. The van der Waals surface area contributed by atoms with Crippen molar-refractivity contribution in [1.82, 2.24) is 9.78 Å². The van der Waals surface area contributed by atoms with Crippen LogP contribution in [0.4, 0.5) is 4.39 Å². The van der Waals surface area contributed by atoms with Crippen molar-refractivity contribution in [2.45, 2.75) is 25.3 Å². The number of benzene rings is 1. The molecular formula is C13H13FN2O. The lowest BCUT2D eigenvalue weighted by Gasteiger charge is -2.25. The third-order valence-electron chi connectivity index (χ3n) is 3.32. The Kier molecular flexibility index (Phi) is 2.35. The second kappa shape index (κ2) is 3.87. The summed E-state index contributed by atoms with van der Waals surface area (Å²) in [7, 11) is 0. The molecule has 1 fully saturated rings. The van der Waals surface area contributed by atoms with E-state index < -0.39 is 5.82 Å². The van der Waals surface area contributed by atoms with Gasteiger partial charge in [0.25, 0.3) is 0 Å². The number of nitrogens with zero attached hydrogens (tertiary/aromatic N) is 2. The average molecular weight is 232 g/mol. The molecule has 1 heterocycles. The predicted molar refractivity (Wildman–Crippen MR) is 62.2 cm³/mol. The summed E-state index contributed by atoms with van der Waals surface area (Å²) in [5.74, 6) is -0.476. The minimum absolute atomic E-state index is 0.0434. The van der Waals surface area contributed by atoms with Gasteiger partial charge in [-0.15, -0.1) is 0 Å². The number of hydrogen-bond donors (Lipinski definition) is 1. The van der Waals surface area contributed by atoms with E-state index in [1.54, 1.807) is 12.3 Å². The van der Waals surface area contributed by atoms with Gasteiger partial charge in [0.05, 0.1) is 12.2 Å². The van der Waals surface area contributed by atoms with Crippen molar-refractivity contribution in [1.29, 1.82) is 0 Å². The van der Waals surface area contributed by atoms with Crippen molar-refractivity contribution in [2.75, 3.05) is 0 Å². The van der Waals surface area contributed by atoms with Crippen LogP contribution >= 0.6 is 0 Å². The summed E-state index contributed by atoms with van der Waals surface area (Å²) in [5.41, 5.74) is 1.45. The summed E-state index contributed by atoms with van der Waals surface area (Å²) >= 11 is 0. The third kappa shape index (κ3) is 1.79. The van der Waals surface area contributed by atoms with Gasteiger partial charge in [-0.25, -0.2) is 4.39 Å². The summed E-state index contributed by atoms with van der Waals surface area (Å²) in [4.78, 5) is 0. The van der Waals surface area contributed by atoms with Crippen molar-refractivity contribution in [2.24, 2.45) is 0 Å². The molecule has 0 spiro atoms. The zero-order valence-corrected chi connectivity index (χ0v) is 9.31. The molecule has 0 aliphatic heterocycles. The molecule has 3 rings (SSSR count). The number of aromatic hydroxyl groups is 1. The Hall–Kier alpha value is -1.84. The third-order valence-corrected chi connectivity index (χ3v) is 3.32. The van der Waals surface area contributed by atoms with Crippen LogP contribution in [0.3, 0.4) is 0 Å². The lowest BCUT2D eigenvalue weighted by molar-refractivity contribution is 0.289. The molecule has 1 aromatic carbocycles. The van der Waals surface area contributed by atoms with Crippen LogP contribution in [0.25, 0.3) is 11.1 Å². The van der Waals surface area contributed by atoms with E-state index in [1.807, 2.05) is 10.9 Å². The fourth-order valence-corrected chi connectivity index (χ4v) is 2.08. The van der Waals surface area contributed by atoms with E-state index in [0.717, 1.165) is 24.5 Å². The zero-order valence-electron chi connectivity index (χ0n) is 9.31. The van der Waals surface area contributed by atoms with Gasteiger partial charge in [-0.2, -0.15) is 5.10 Å². The minimum atomic E-state index is -0.433. The molecule has 4 heteroatoms. The monoisotopic (exact) mass is 232 g/mol. The molecule has 1 saturated carbocycles. The summed E-state index contributed by atoms with van der Waals surface area (Å²) in [5, 5.41) is 14.0.